The predicted molar refractivity (Wildman–Crippen MR) is 204 cm³/mol. The van der Waals surface area contributed by atoms with E-state index in [2.05, 4.69) is 200 Å². The Balaban J connectivity index is 1.29. The Morgan fingerprint density at radius 3 is 1.56 bits per heavy atom. The van der Waals surface area contributed by atoms with Crippen molar-refractivity contribution in [1.82, 2.24) is 0 Å². The average Bonchev–Trinajstić information content (AvgIpc) is 3.38. The van der Waals surface area contributed by atoms with Crippen molar-refractivity contribution in [2.24, 2.45) is 0 Å². The summed E-state index contributed by atoms with van der Waals surface area (Å²) in [7, 11) is 0. The standard InChI is InChI=1S/C45H35ClN2/c1-45(2)40-24-13-12-23-39(40)43-41(45)29-30-42(44(43)46)48(38-22-14-17-33(31-38)32-15-6-3-7-16-32)37-27-25-36(26-28-37)47(34-18-8-4-9-19-34)35-20-10-5-11-21-35/h3-31H,1-2H3. The highest BCUT2D eigenvalue weighted by Crippen LogP contribution is 2.54. The van der Waals surface area contributed by atoms with Crippen LogP contribution in [0.25, 0.3) is 22.3 Å². The molecular formula is C45H35ClN2. The molecule has 0 unspecified atom stereocenters. The van der Waals surface area contributed by atoms with E-state index < -0.39 is 0 Å². The molecule has 232 valence electrons. The SMILES string of the molecule is CC1(C)c2ccccc2-c2c1ccc(N(c1ccc(N(c3ccccc3)c3ccccc3)cc1)c1cccc(-c3ccccc3)c1)c2Cl. The number of rotatable bonds is 7. The van der Waals surface area contributed by atoms with Crippen molar-refractivity contribution in [3.63, 3.8) is 0 Å². The minimum Gasteiger partial charge on any atom is -0.311 e. The van der Waals surface area contributed by atoms with Crippen LogP contribution in [0, 0.1) is 0 Å². The van der Waals surface area contributed by atoms with E-state index in [4.69, 9.17) is 11.6 Å². The van der Waals surface area contributed by atoms with Crippen LogP contribution in [0.3, 0.4) is 0 Å². The van der Waals surface area contributed by atoms with Crippen molar-refractivity contribution >= 4 is 45.7 Å². The lowest BCUT2D eigenvalue weighted by atomic mass is 9.82. The van der Waals surface area contributed by atoms with E-state index in [0.717, 1.165) is 50.3 Å². The summed E-state index contributed by atoms with van der Waals surface area (Å²) in [4.78, 5) is 4.58. The molecule has 0 atom stereocenters. The van der Waals surface area contributed by atoms with Crippen molar-refractivity contribution in [3.8, 4) is 22.3 Å². The Kier molecular flexibility index (Phi) is 7.59. The molecule has 0 fully saturated rings. The maximum atomic E-state index is 7.55. The maximum absolute atomic E-state index is 7.55. The fourth-order valence-corrected chi connectivity index (χ4v) is 7.50. The molecule has 48 heavy (non-hydrogen) atoms. The molecule has 7 aromatic rings. The highest BCUT2D eigenvalue weighted by Gasteiger charge is 2.37. The number of nitrogens with zero attached hydrogens (tertiary/aromatic N) is 2. The van der Waals surface area contributed by atoms with E-state index in [1.807, 2.05) is 0 Å². The van der Waals surface area contributed by atoms with Gasteiger partial charge in [-0.15, -0.1) is 0 Å². The quantitative estimate of drug-likeness (QED) is 0.171. The van der Waals surface area contributed by atoms with Gasteiger partial charge in [-0.1, -0.05) is 135 Å². The zero-order valence-electron chi connectivity index (χ0n) is 27.0. The first kappa shape index (κ1) is 29.8. The highest BCUT2D eigenvalue weighted by atomic mass is 35.5. The van der Waals surface area contributed by atoms with E-state index in [1.54, 1.807) is 0 Å². The number of para-hydroxylation sites is 2. The Labute approximate surface area is 288 Å². The summed E-state index contributed by atoms with van der Waals surface area (Å²) >= 11 is 7.55. The van der Waals surface area contributed by atoms with Gasteiger partial charge in [-0.3, -0.25) is 0 Å². The minimum atomic E-state index is -0.133. The van der Waals surface area contributed by atoms with Crippen LogP contribution in [0.5, 0.6) is 0 Å². The molecule has 1 aliphatic rings. The lowest BCUT2D eigenvalue weighted by Crippen LogP contribution is -2.16. The molecule has 0 N–H and O–H groups in total. The minimum absolute atomic E-state index is 0.133. The average molecular weight is 639 g/mol. The van der Waals surface area contributed by atoms with Crippen LogP contribution < -0.4 is 9.80 Å². The van der Waals surface area contributed by atoms with Gasteiger partial charge in [0.15, 0.2) is 0 Å². The largest absolute Gasteiger partial charge is 0.311 e. The molecule has 0 spiro atoms. The van der Waals surface area contributed by atoms with E-state index >= 15 is 0 Å². The van der Waals surface area contributed by atoms with Gasteiger partial charge in [0.2, 0.25) is 0 Å². The van der Waals surface area contributed by atoms with E-state index in [-0.39, 0.29) is 5.41 Å². The molecular weight excluding hydrogens is 604 g/mol. The van der Waals surface area contributed by atoms with Gasteiger partial charge in [0.1, 0.15) is 0 Å². The fraction of sp³-hybridized carbons (Fsp3) is 0.0667. The number of hydrogen-bond acceptors (Lipinski definition) is 2. The first-order valence-corrected chi connectivity index (χ1v) is 16.8. The number of hydrogen-bond donors (Lipinski definition) is 0. The summed E-state index contributed by atoms with van der Waals surface area (Å²) < 4.78 is 0. The molecule has 0 bridgehead atoms. The van der Waals surface area contributed by atoms with Crippen LogP contribution in [0.4, 0.5) is 34.1 Å². The lowest BCUT2D eigenvalue weighted by molar-refractivity contribution is 0.660. The summed E-state index contributed by atoms with van der Waals surface area (Å²) in [6.07, 6.45) is 0. The molecule has 8 rings (SSSR count). The normalized spacial score (nSPS) is 12.6. The van der Waals surface area contributed by atoms with Gasteiger partial charge in [-0.2, -0.15) is 0 Å². The lowest BCUT2D eigenvalue weighted by Gasteiger charge is -2.30. The summed E-state index contributed by atoms with van der Waals surface area (Å²) in [5.41, 5.74) is 13.4. The maximum Gasteiger partial charge on any atom is 0.0728 e. The van der Waals surface area contributed by atoms with Crippen LogP contribution in [-0.2, 0) is 5.41 Å². The molecule has 0 radical (unpaired) electrons. The number of halogens is 1. The Hall–Kier alpha value is -5.57. The van der Waals surface area contributed by atoms with Crippen molar-refractivity contribution < 1.29 is 0 Å². The Morgan fingerprint density at radius 2 is 0.917 bits per heavy atom. The number of benzene rings is 7. The summed E-state index contributed by atoms with van der Waals surface area (Å²) in [5, 5.41) is 0.759. The molecule has 1 aliphatic carbocycles. The Morgan fingerprint density at radius 1 is 0.417 bits per heavy atom. The number of fused-ring (bicyclic) bond motifs is 3. The van der Waals surface area contributed by atoms with Crippen LogP contribution in [0.2, 0.25) is 5.02 Å². The molecule has 0 saturated heterocycles. The van der Waals surface area contributed by atoms with Crippen molar-refractivity contribution in [2.75, 3.05) is 9.80 Å². The predicted octanol–water partition coefficient (Wildman–Crippen LogP) is 13.3. The molecule has 7 aromatic carbocycles. The molecule has 0 aromatic heterocycles. The third-order valence-electron chi connectivity index (χ3n) is 9.51. The second-order valence-corrected chi connectivity index (χ2v) is 13.1. The number of anilines is 6. The summed E-state index contributed by atoms with van der Waals surface area (Å²) in [6.45, 7) is 4.58. The van der Waals surface area contributed by atoms with Crippen LogP contribution in [0.1, 0.15) is 25.0 Å². The van der Waals surface area contributed by atoms with Crippen LogP contribution in [-0.4, -0.2) is 0 Å². The smallest absolute Gasteiger partial charge is 0.0728 e. The highest BCUT2D eigenvalue weighted by molar-refractivity contribution is 6.37. The second kappa shape index (κ2) is 12.2. The molecule has 0 aliphatic heterocycles. The van der Waals surface area contributed by atoms with Crippen molar-refractivity contribution in [3.05, 3.63) is 192 Å². The van der Waals surface area contributed by atoms with Crippen molar-refractivity contribution in [2.45, 2.75) is 19.3 Å². The van der Waals surface area contributed by atoms with Gasteiger partial charge < -0.3 is 9.80 Å². The zero-order valence-corrected chi connectivity index (χ0v) is 27.8. The summed E-state index contributed by atoms with van der Waals surface area (Å²) in [6, 6.07) is 62.2. The molecule has 0 saturated carbocycles. The molecule has 2 nitrogen and oxygen atoms in total. The van der Waals surface area contributed by atoms with Gasteiger partial charge in [0.05, 0.1) is 10.7 Å². The third kappa shape index (κ3) is 5.15. The van der Waals surface area contributed by atoms with Gasteiger partial charge >= 0.3 is 0 Å². The first-order valence-electron chi connectivity index (χ1n) is 16.4. The fourth-order valence-electron chi connectivity index (χ4n) is 7.15. The van der Waals surface area contributed by atoms with Crippen LogP contribution >= 0.6 is 11.6 Å². The first-order chi connectivity index (χ1) is 23.5. The molecule has 0 amide bonds. The van der Waals surface area contributed by atoms with Gasteiger partial charge in [-0.25, -0.2) is 0 Å². The second-order valence-electron chi connectivity index (χ2n) is 12.8. The van der Waals surface area contributed by atoms with Gasteiger partial charge in [0, 0.05) is 39.4 Å². The van der Waals surface area contributed by atoms with Gasteiger partial charge in [-0.05, 0) is 94.5 Å². The monoisotopic (exact) mass is 638 g/mol. The van der Waals surface area contributed by atoms with Gasteiger partial charge in [0.25, 0.3) is 0 Å². The van der Waals surface area contributed by atoms with Crippen LogP contribution in [0.15, 0.2) is 176 Å². The van der Waals surface area contributed by atoms with Crippen molar-refractivity contribution in [1.29, 1.82) is 0 Å². The molecule has 0 heterocycles. The third-order valence-corrected chi connectivity index (χ3v) is 9.89. The molecule has 3 heteroatoms. The Bertz CT molecular complexity index is 2170. The van der Waals surface area contributed by atoms with E-state index in [9.17, 15) is 0 Å². The van der Waals surface area contributed by atoms with E-state index in [0.29, 0.717) is 0 Å². The summed E-state index contributed by atoms with van der Waals surface area (Å²) in [5.74, 6) is 0. The van der Waals surface area contributed by atoms with E-state index in [1.165, 1.54) is 22.3 Å². The topological polar surface area (TPSA) is 6.48 Å². The zero-order chi connectivity index (χ0) is 32.7.